The molecule has 0 aliphatic heterocycles. The quantitative estimate of drug-likeness (QED) is 0.593. The predicted octanol–water partition coefficient (Wildman–Crippen LogP) is 0.0114. The zero-order valence-corrected chi connectivity index (χ0v) is 11.0. The highest BCUT2D eigenvalue weighted by Gasteiger charge is 2.21. The van der Waals surface area contributed by atoms with Crippen molar-refractivity contribution in [1.29, 1.82) is 0 Å². The lowest BCUT2D eigenvalue weighted by molar-refractivity contribution is -0.139. The van der Waals surface area contributed by atoms with Crippen LogP contribution in [-0.2, 0) is 9.59 Å². The molecule has 0 aliphatic carbocycles. The molecule has 0 unspecified atom stereocenters. The molecule has 0 radical (unpaired) electrons. The molecule has 5 N–H and O–H groups in total. The highest BCUT2D eigenvalue weighted by molar-refractivity contribution is 5.99. The third-order valence-electron chi connectivity index (χ3n) is 2.97. The first-order valence-corrected chi connectivity index (χ1v) is 6.22. The van der Waals surface area contributed by atoms with Crippen LogP contribution in [0.2, 0.25) is 0 Å². The smallest absolute Gasteiger partial charge is 0.326 e. The molecule has 8 nitrogen and oxygen atoms in total. The molecule has 0 aliphatic rings. The number of carboxylic acids is 1. The maximum absolute atomic E-state index is 12.0. The molecule has 2 amide bonds. The molecule has 2 aromatic rings. The lowest BCUT2D eigenvalue weighted by Gasteiger charge is -2.13. The van der Waals surface area contributed by atoms with Crippen molar-refractivity contribution in [3.63, 3.8) is 0 Å². The molecule has 1 aromatic carbocycles. The van der Waals surface area contributed by atoms with E-state index < -0.39 is 23.8 Å². The van der Waals surface area contributed by atoms with Crippen LogP contribution in [0.1, 0.15) is 23.2 Å². The number of aliphatic carboxylic acids is 1. The number of imidazole rings is 1. The van der Waals surface area contributed by atoms with Gasteiger partial charge in [0.1, 0.15) is 6.04 Å². The van der Waals surface area contributed by atoms with Crippen LogP contribution in [0.5, 0.6) is 0 Å². The number of aromatic nitrogens is 2. The summed E-state index contributed by atoms with van der Waals surface area (Å²) >= 11 is 0. The first kappa shape index (κ1) is 14.5. The SMILES string of the molecule is NC(=O)CC[C@H](NC(=O)c1ccc2nc[nH]c2c1)C(=O)O. The van der Waals surface area contributed by atoms with Gasteiger partial charge in [-0.2, -0.15) is 0 Å². The fourth-order valence-corrected chi connectivity index (χ4v) is 1.86. The van der Waals surface area contributed by atoms with E-state index in [0.717, 1.165) is 0 Å². The van der Waals surface area contributed by atoms with Gasteiger partial charge >= 0.3 is 5.97 Å². The number of fused-ring (bicyclic) bond motifs is 1. The van der Waals surface area contributed by atoms with Gasteiger partial charge in [0.2, 0.25) is 5.91 Å². The minimum absolute atomic E-state index is 0.0529. The van der Waals surface area contributed by atoms with Gasteiger partial charge in [-0.1, -0.05) is 0 Å². The number of primary amides is 1. The van der Waals surface area contributed by atoms with E-state index >= 15 is 0 Å². The lowest BCUT2D eigenvalue weighted by atomic mass is 10.1. The molecule has 0 saturated carbocycles. The maximum atomic E-state index is 12.0. The Morgan fingerprint density at radius 1 is 1.38 bits per heavy atom. The van der Waals surface area contributed by atoms with Gasteiger partial charge in [-0.3, -0.25) is 9.59 Å². The van der Waals surface area contributed by atoms with Crippen molar-refractivity contribution >= 4 is 28.8 Å². The molecule has 0 spiro atoms. The van der Waals surface area contributed by atoms with Crippen LogP contribution in [0.4, 0.5) is 0 Å². The van der Waals surface area contributed by atoms with Gasteiger partial charge in [0.05, 0.1) is 17.4 Å². The standard InChI is InChI=1S/C13H14N4O4/c14-11(18)4-3-9(13(20)21)17-12(19)7-1-2-8-10(5-7)16-6-15-8/h1-2,5-6,9H,3-4H2,(H2,14,18)(H,15,16)(H,17,19)(H,20,21)/t9-/m0/s1. The maximum Gasteiger partial charge on any atom is 0.326 e. The molecule has 0 saturated heterocycles. The number of benzene rings is 1. The van der Waals surface area contributed by atoms with Crippen LogP contribution in [0.3, 0.4) is 0 Å². The highest BCUT2D eigenvalue weighted by Crippen LogP contribution is 2.12. The number of carboxylic acid groups (broad SMARTS) is 1. The number of nitrogens with two attached hydrogens (primary N) is 1. The van der Waals surface area contributed by atoms with Crippen LogP contribution in [-0.4, -0.2) is 38.9 Å². The van der Waals surface area contributed by atoms with Crippen molar-refractivity contribution < 1.29 is 19.5 Å². The summed E-state index contributed by atoms with van der Waals surface area (Å²) in [6.07, 6.45) is 1.33. The molecule has 0 bridgehead atoms. The Balaban J connectivity index is 2.10. The summed E-state index contributed by atoms with van der Waals surface area (Å²) in [6, 6.07) is 3.61. The summed E-state index contributed by atoms with van der Waals surface area (Å²) in [6.45, 7) is 0. The Hall–Kier alpha value is -2.90. The third kappa shape index (κ3) is 3.56. The third-order valence-corrected chi connectivity index (χ3v) is 2.97. The Bertz CT molecular complexity index is 694. The second-order valence-electron chi connectivity index (χ2n) is 4.50. The van der Waals surface area contributed by atoms with E-state index in [2.05, 4.69) is 15.3 Å². The first-order chi connectivity index (χ1) is 9.97. The second kappa shape index (κ2) is 6.04. The minimum Gasteiger partial charge on any atom is -0.480 e. The number of rotatable bonds is 6. The van der Waals surface area contributed by atoms with Gasteiger partial charge < -0.3 is 21.1 Å². The molecule has 110 valence electrons. The second-order valence-corrected chi connectivity index (χ2v) is 4.50. The Morgan fingerprint density at radius 3 is 2.81 bits per heavy atom. The van der Waals surface area contributed by atoms with E-state index in [-0.39, 0.29) is 12.8 Å². The van der Waals surface area contributed by atoms with Gasteiger partial charge in [-0.15, -0.1) is 0 Å². The fourth-order valence-electron chi connectivity index (χ4n) is 1.86. The van der Waals surface area contributed by atoms with Crippen LogP contribution < -0.4 is 11.1 Å². The summed E-state index contributed by atoms with van der Waals surface area (Å²) in [7, 11) is 0. The van der Waals surface area contributed by atoms with E-state index in [1.54, 1.807) is 18.2 Å². The number of hydrogen-bond acceptors (Lipinski definition) is 4. The molecule has 21 heavy (non-hydrogen) atoms. The van der Waals surface area contributed by atoms with Gasteiger partial charge in [-0.05, 0) is 24.6 Å². The molecular formula is C13H14N4O4. The number of hydrogen-bond donors (Lipinski definition) is 4. The van der Waals surface area contributed by atoms with Crippen molar-refractivity contribution in [2.75, 3.05) is 0 Å². The van der Waals surface area contributed by atoms with Gasteiger partial charge in [0.15, 0.2) is 0 Å². The van der Waals surface area contributed by atoms with Gasteiger partial charge in [-0.25, -0.2) is 9.78 Å². The fraction of sp³-hybridized carbons (Fsp3) is 0.231. The van der Waals surface area contributed by atoms with Crippen LogP contribution in [0, 0.1) is 0 Å². The first-order valence-electron chi connectivity index (χ1n) is 6.22. The van der Waals surface area contributed by atoms with Crippen molar-refractivity contribution in [3.05, 3.63) is 30.1 Å². The zero-order chi connectivity index (χ0) is 15.4. The Labute approximate surface area is 119 Å². The van der Waals surface area contributed by atoms with E-state index in [9.17, 15) is 14.4 Å². The number of amides is 2. The zero-order valence-electron chi connectivity index (χ0n) is 11.0. The van der Waals surface area contributed by atoms with Crippen molar-refractivity contribution in [2.45, 2.75) is 18.9 Å². The number of H-pyrrole nitrogens is 1. The van der Waals surface area contributed by atoms with Gasteiger partial charge in [0.25, 0.3) is 5.91 Å². The van der Waals surface area contributed by atoms with Crippen molar-refractivity contribution in [2.24, 2.45) is 5.73 Å². The van der Waals surface area contributed by atoms with Crippen molar-refractivity contribution in [1.82, 2.24) is 15.3 Å². The predicted molar refractivity (Wildman–Crippen MR) is 73.4 cm³/mol. The van der Waals surface area contributed by atoms with Crippen LogP contribution in [0.15, 0.2) is 24.5 Å². The van der Waals surface area contributed by atoms with Crippen LogP contribution in [0.25, 0.3) is 11.0 Å². The summed E-state index contributed by atoms with van der Waals surface area (Å²) in [5.74, 6) is -2.37. The number of carbonyl (C=O) groups is 3. The monoisotopic (exact) mass is 290 g/mol. The van der Waals surface area contributed by atoms with E-state index in [1.165, 1.54) is 6.33 Å². The summed E-state index contributed by atoms with van der Waals surface area (Å²) in [5, 5.41) is 11.4. The molecule has 8 heteroatoms. The van der Waals surface area contributed by atoms with Crippen LogP contribution >= 0.6 is 0 Å². The number of nitrogens with zero attached hydrogens (tertiary/aromatic N) is 1. The molecule has 0 fully saturated rings. The summed E-state index contributed by atoms with van der Waals surface area (Å²) in [5.41, 5.74) is 6.66. The minimum atomic E-state index is -1.22. The van der Waals surface area contributed by atoms with E-state index in [1.807, 2.05) is 0 Å². The topological polar surface area (TPSA) is 138 Å². The average molecular weight is 290 g/mol. The van der Waals surface area contributed by atoms with E-state index in [0.29, 0.717) is 16.6 Å². The Kier molecular flexibility index (Phi) is 4.17. The average Bonchev–Trinajstić information content (AvgIpc) is 2.89. The summed E-state index contributed by atoms with van der Waals surface area (Å²) < 4.78 is 0. The molecule has 1 atom stereocenters. The number of aromatic amines is 1. The molecule has 1 heterocycles. The lowest BCUT2D eigenvalue weighted by Crippen LogP contribution is -2.41. The van der Waals surface area contributed by atoms with Crippen molar-refractivity contribution in [3.8, 4) is 0 Å². The molecule has 2 rings (SSSR count). The Morgan fingerprint density at radius 2 is 2.14 bits per heavy atom. The highest BCUT2D eigenvalue weighted by atomic mass is 16.4. The largest absolute Gasteiger partial charge is 0.480 e. The molecule has 1 aromatic heterocycles. The molecular weight excluding hydrogens is 276 g/mol. The summed E-state index contributed by atoms with van der Waals surface area (Å²) in [4.78, 5) is 40.7. The van der Waals surface area contributed by atoms with Gasteiger partial charge in [0, 0.05) is 12.0 Å². The van der Waals surface area contributed by atoms with E-state index in [4.69, 9.17) is 10.8 Å². The normalized spacial score (nSPS) is 12.0. The number of nitrogens with one attached hydrogen (secondary N) is 2. The number of carbonyl (C=O) groups excluding carboxylic acids is 2.